The molecule has 23 heavy (non-hydrogen) atoms. The minimum absolute atomic E-state index is 0.236. The summed E-state index contributed by atoms with van der Waals surface area (Å²) in [7, 11) is 0. The molecular weight excluding hydrogens is 360 g/mol. The van der Waals surface area contributed by atoms with Gasteiger partial charge in [-0.3, -0.25) is 10.1 Å². The molecule has 3 aromatic rings. The Morgan fingerprint density at radius 1 is 1.22 bits per heavy atom. The van der Waals surface area contributed by atoms with Crippen LogP contribution in [0.5, 0.6) is 0 Å². The number of hydrogen-bond donors (Lipinski definition) is 1. The molecule has 0 saturated heterocycles. The summed E-state index contributed by atoms with van der Waals surface area (Å²) in [4.78, 5) is 12.5. The molecule has 0 bridgehead atoms. The minimum Gasteiger partial charge on any atom is -0.296 e. The van der Waals surface area contributed by atoms with E-state index in [0.29, 0.717) is 25.7 Å². The van der Waals surface area contributed by atoms with E-state index in [1.54, 1.807) is 12.1 Å². The molecule has 0 aliphatic rings. The van der Waals surface area contributed by atoms with Crippen LogP contribution in [0.25, 0.3) is 0 Å². The molecule has 9 heteroatoms. The number of benzene rings is 1. The van der Waals surface area contributed by atoms with Gasteiger partial charge in [-0.25, -0.2) is 8.78 Å². The fourth-order valence-corrected chi connectivity index (χ4v) is 4.02. The summed E-state index contributed by atoms with van der Waals surface area (Å²) >= 11 is 3.85. The van der Waals surface area contributed by atoms with E-state index < -0.39 is 11.6 Å². The number of nitrogens with zero attached hydrogens (tertiary/aromatic N) is 2. The van der Waals surface area contributed by atoms with Crippen molar-refractivity contribution in [3.63, 3.8) is 0 Å². The van der Waals surface area contributed by atoms with Crippen LogP contribution in [-0.4, -0.2) is 16.1 Å². The number of amides is 1. The van der Waals surface area contributed by atoms with Crippen molar-refractivity contribution < 1.29 is 13.6 Å². The number of carbonyl (C=O) groups excluding carboxylic acids is 1. The van der Waals surface area contributed by atoms with Crippen molar-refractivity contribution >= 4 is 45.5 Å². The summed E-state index contributed by atoms with van der Waals surface area (Å²) in [6, 6.07) is 6.89. The Balaban J connectivity index is 1.60. The Morgan fingerprint density at radius 2 is 2.00 bits per heavy atom. The van der Waals surface area contributed by atoms with E-state index in [1.807, 2.05) is 5.38 Å². The normalized spacial score (nSPS) is 10.7. The average Bonchev–Trinajstić information content (AvgIpc) is 3.15. The van der Waals surface area contributed by atoms with Gasteiger partial charge < -0.3 is 0 Å². The lowest BCUT2D eigenvalue weighted by atomic mass is 10.2. The van der Waals surface area contributed by atoms with Gasteiger partial charge in [-0.05, 0) is 29.1 Å². The maximum atomic E-state index is 13.1. The molecule has 3 rings (SSSR count). The first-order chi connectivity index (χ1) is 11.1. The van der Waals surface area contributed by atoms with Crippen molar-refractivity contribution in [3.8, 4) is 0 Å². The van der Waals surface area contributed by atoms with Crippen molar-refractivity contribution in [2.24, 2.45) is 0 Å². The van der Waals surface area contributed by atoms with E-state index in [-0.39, 0.29) is 5.91 Å². The van der Waals surface area contributed by atoms with Gasteiger partial charge in [0.2, 0.25) is 5.13 Å². The molecule has 0 atom stereocenters. The van der Waals surface area contributed by atoms with Crippen LogP contribution in [0, 0.1) is 11.6 Å². The highest BCUT2D eigenvalue weighted by molar-refractivity contribution is 8.00. The minimum atomic E-state index is -0.609. The predicted molar refractivity (Wildman–Crippen MR) is 88.1 cm³/mol. The van der Waals surface area contributed by atoms with Gasteiger partial charge in [-0.15, -0.1) is 21.5 Å². The van der Waals surface area contributed by atoms with E-state index in [0.717, 1.165) is 6.07 Å². The third-order valence-electron chi connectivity index (χ3n) is 2.66. The molecule has 2 heterocycles. The molecule has 1 amide bonds. The lowest BCUT2D eigenvalue weighted by Gasteiger charge is -1.99. The van der Waals surface area contributed by atoms with Crippen LogP contribution in [0.2, 0.25) is 0 Å². The molecule has 0 saturated carbocycles. The number of aromatic nitrogens is 2. The second kappa shape index (κ2) is 7.16. The number of nitrogens with one attached hydrogen (secondary N) is 1. The largest absolute Gasteiger partial charge is 0.296 e. The summed E-state index contributed by atoms with van der Waals surface area (Å²) in [6.07, 6.45) is 0. The van der Waals surface area contributed by atoms with Crippen molar-refractivity contribution in [1.82, 2.24) is 10.2 Å². The first-order valence-electron chi connectivity index (χ1n) is 6.36. The smallest absolute Gasteiger partial charge is 0.267 e. The zero-order valence-corrected chi connectivity index (χ0v) is 13.9. The Labute approximate surface area is 142 Å². The highest BCUT2D eigenvalue weighted by Crippen LogP contribution is 2.29. The Bertz CT molecular complexity index is 800. The molecule has 118 valence electrons. The van der Waals surface area contributed by atoms with Crippen LogP contribution in [0.1, 0.15) is 15.2 Å². The molecule has 0 aliphatic carbocycles. The van der Waals surface area contributed by atoms with Gasteiger partial charge in [0.05, 0.1) is 4.88 Å². The van der Waals surface area contributed by atoms with Gasteiger partial charge in [-0.1, -0.05) is 29.2 Å². The van der Waals surface area contributed by atoms with E-state index in [2.05, 4.69) is 15.5 Å². The number of thiophene rings is 1. The molecule has 1 aromatic carbocycles. The molecule has 0 aliphatic heterocycles. The van der Waals surface area contributed by atoms with Crippen molar-refractivity contribution in [2.45, 2.75) is 10.1 Å². The fourth-order valence-electron chi connectivity index (χ4n) is 1.72. The molecule has 0 radical (unpaired) electrons. The zero-order valence-electron chi connectivity index (χ0n) is 11.5. The number of anilines is 1. The standard InChI is InChI=1S/C14H9F2N3OS3/c15-9-4-8(5-10(16)6-9)7-22-14-19-18-13(23-14)17-12(20)11-2-1-3-21-11/h1-6H,7H2,(H,17,18,20). The van der Waals surface area contributed by atoms with Gasteiger partial charge in [0.15, 0.2) is 4.34 Å². The maximum Gasteiger partial charge on any atom is 0.267 e. The van der Waals surface area contributed by atoms with Gasteiger partial charge in [0.1, 0.15) is 11.6 Å². The van der Waals surface area contributed by atoms with Crippen LogP contribution < -0.4 is 5.32 Å². The second-order valence-corrected chi connectivity index (χ2v) is 7.52. The topological polar surface area (TPSA) is 54.9 Å². The van der Waals surface area contributed by atoms with E-state index >= 15 is 0 Å². The van der Waals surface area contributed by atoms with Crippen LogP contribution in [0.4, 0.5) is 13.9 Å². The summed E-state index contributed by atoms with van der Waals surface area (Å²) in [6.45, 7) is 0. The van der Waals surface area contributed by atoms with Crippen molar-refractivity contribution in [2.75, 3.05) is 5.32 Å². The summed E-state index contributed by atoms with van der Waals surface area (Å²) in [5.41, 5.74) is 0.520. The lowest BCUT2D eigenvalue weighted by molar-refractivity contribution is 0.103. The first-order valence-corrected chi connectivity index (χ1v) is 9.04. The van der Waals surface area contributed by atoms with E-state index in [4.69, 9.17) is 0 Å². The SMILES string of the molecule is O=C(Nc1nnc(SCc2cc(F)cc(F)c2)s1)c1cccs1. The van der Waals surface area contributed by atoms with E-state index in [9.17, 15) is 13.6 Å². The summed E-state index contributed by atoms with van der Waals surface area (Å²) in [5, 5.41) is 12.7. The van der Waals surface area contributed by atoms with Crippen LogP contribution in [-0.2, 0) is 5.75 Å². The lowest BCUT2D eigenvalue weighted by Crippen LogP contribution is -2.09. The Hall–Kier alpha value is -1.84. The highest BCUT2D eigenvalue weighted by atomic mass is 32.2. The molecule has 0 fully saturated rings. The molecule has 0 spiro atoms. The van der Waals surface area contributed by atoms with E-state index in [1.165, 1.54) is 46.6 Å². The predicted octanol–water partition coefficient (Wildman–Crippen LogP) is 4.42. The quantitative estimate of drug-likeness (QED) is 0.534. The van der Waals surface area contributed by atoms with Crippen molar-refractivity contribution in [3.05, 3.63) is 57.8 Å². The molecule has 0 unspecified atom stereocenters. The number of halogens is 2. The fraction of sp³-hybridized carbons (Fsp3) is 0.0714. The van der Waals surface area contributed by atoms with Crippen LogP contribution in [0.3, 0.4) is 0 Å². The van der Waals surface area contributed by atoms with Gasteiger partial charge in [0, 0.05) is 11.8 Å². The molecule has 4 nitrogen and oxygen atoms in total. The Morgan fingerprint density at radius 3 is 2.70 bits per heavy atom. The van der Waals surface area contributed by atoms with Crippen LogP contribution >= 0.6 is 34.4 Å². The summed E-state index contributed by atoms with van der Waals surface area (Å²) < 4.78 is 26.8. The third kappa shape index (κ3) is 4.34. The number of thioether (sulfide) groups is 1. The van der Waals surface area contributed by atoms with Gasteiger partial charge in [-0.2, -0.15) is 0 Å². The molecular formula is C14H9F2N3OS3. The highest BCUT2D eigenvalue weighted by Gasteiger charge is 2.11. The monoisotopic (exact) mass is 369 g/mol. The molecule has 1 N–H and O–H groups in total. The number of hydrogen-bond acceptors (Lipinski definition) is 6. The van der Waals surface area contributed by atoms with Gasteiger partial charge >= 0.3 is 0 Å². The first kappa shape index (κ1) is 16.0. The summed E-state index contributed by atoms with van der Waals surface area (Å²) in [5.74, 6) is -1.09. The second-order valence-electron chi connectivity index (χ2n) is 4.37. The molecule has 2 aromatic heterocycles. The number of carbonyl (C=O) groups is 1. The Kier molecular flexibility index (Phi) is 4.99. The maximum absolute atomic E-state index is 13.1. The van der Waals surface area contributed by atoms with Crippen LogP contribution in [0.15, 0.2) is 40.1 Å². The average molecular weight is 369 g/mol. The zero-order chi connectivity index (χ0) is 16.2. The third-order valence-corrected chi connectivity index (χ3v) is 5.57. The number of rotatable bonds is 5. The van der Waals surface area contributed by atoms with Crippen molar-refractivity contribution in [1.29, 1.82) is 0 Å². The van der Waals surface area contributed by atoms with Gasteiger partial charge in [0.25, 0.3) is 5.91 Å².